The molecular formula is C12H15FN2O. The van der Waals surface area contributed by atoms with E-state index in [1.165, 1.54) is 18.2 Å². The van der Waals surface area contributed by atoms with E-state index in [9.17, 15) is 9.50 Å². The summed E-state index contributed by atoms with van der Waals surface area (Å²) in [7, 11) is 0. The minimum absolute atomic E-state index is 0.277. The Morgan fingerprint density at radius 3 is 2.56 bits per heavy atom. The molecule has 16 heavy (non-hydrogen) atoms. The highest BCUT2D eigenvalue weighted by atomic mass is 19.1. The highest BCUT2D eigenvalue weighted by Gasteiger charge is 2.22. The van der Waals surface area contributed by atoms with Gasteiger partial charge < -0.3 is 10.4 Å². The number of hydrogen-bond acceptors (Lipinski definition) is 3. The lowest BCUT2D eigenvalue weighted by Gasteiger charge is -2.27. The summed E-state index contributed by atoms with van der Waals surface area (Å²) in [5.41, 5.74) is -0.382. The van der Waals surface area contributed by atoms with Crippen LogP contribution in [0.5, 0.6) is 0 Å². The molecule has 0 amide bonds. The molecule has 4 heteroatoms. The first-order valence-electron chi connectivity index (χ1n) is 5.03. The number of anilines is 1. The number of nitrogens with zero attached hydrogens (tertiary/aromatic N) is 1. The second-order valence-corrected chi connectivity index (χ2v) is 4.33. The van der Waals surface area contributed by atoms with Gasteiger partial charge in [-0.25, -0.2) is 4.39 Å². The van der Waals surface area contributed by atoms with Gasteiger partial charge in [-0.3, -0.25) is 0 Å². The molecule has 86 valence electrons. The monoisotopic (exact) mass is 222 g/mol. The molecule has 0 radical (unpaired) electrons. The Morgan fingerprint density at radius 1 is 1.50 bits per heavy atom. The van der Waals surface area contributed by atoms with Gasteiger partial charge in [0.1, 0.15) is 5.82 Å². The molecule has 0 spiro atoms. The number of halogens is 1. The Balaban J connectivity index is 2.88. The molecular weight excluding hydrogens is 207 g/mol. The van der Waals surface area contributed by atoms with Crippen molar-refractivity contribution in [3.05, 3.63) is 29.6 Å². The molecule has 1 atom stereocenters. The Hall–Kier alpha value is -1.60. The molecule has 0 saturated carbocycles. The molecule has 1 unspecified atom stereocenters. The van der Waals surface area contributed by atoms with Crippen LogP contribution in [0.15, 0.2) is 18.2 Å². The van der Waals surface area contributed by atoms with Gasteiger partial charge in [0.05, 0.1) is 29.0 Å². The summed E-state index contributed by atoms with van der Waals surface area (Å²) in [5.74, 6) is -0.491. The third kappa shape index (κ3) is 2.94. The first kappa shape index (κ1) is 12.5. The van der Waals surface area contributed by atoms with Crippen LogP contribution in [0.25, 0.3) is 0 Å². The Kier molecular flexibility index (Phi) is 3.51. The second kappa shape index (κ2) is 4.50. The second-order valence-electron chi connectivity index (χ2n) is 4.33. The molecule has 0 aromatic heterocycles. The maximum Gasteiger partial charge on any atom is 0.147 e. The molecule has 0 aliphatic carbocycles. The summed E-state index contributed by atoms with van der Waals surface area (Å²) in [6.07, 6.45) is 0. The quantitative estimate of drug-likeness (QED) is 0.824. The first-order valence-corrected chi connectivity index (χ1v) is 5.03. The highest BCUT2D eigenvalue weighted by Crippen LogP contribution is 2.19. The summed E-state index contributed by atoms with van der Waals surface area (Å²) in [5, 5.41) is 21.2. The van der Waals surface area contributed by atoms with Crippen LogP contribution >= 0.6 is 0 Å². The zero-order chi connectivity index (χ0) is 12.3. The molecule has 2 N–H and O–H groups in total. The summed E-state index contributed by atoms with van der Waals surface area (Å²) < 4.78 is 13.5. The van der Waals surface area contributed by atoms with Crippen LogP contribution in [0.1, 0.15) is 26.3 Å². The normalized spacial score (nSPS) is 13.0. The third-order valence-electron chi connectivity index (χ3n) is 2.53. The van der Waals surface area contributed by atoms with Crippen molar-refractivity contribution < 1.29 is 9.50 Å². The van der Waals surface area contributed by atoms with Gasteiger partial charge in [0, 0.05) is 0 Å². The smallest absolute Gasteiger partial charge is 0.147 e. The van der Waals surface area contributed by atoms with E-state index in [1.54, 1.807) is 20.8 Å². The van der Waals surface area contributed by atoms with Crippen molar-refractivity contribution in [2.75, 3.05) is 5.32 Å². The molecule has 3 nitrogen and oxygen atoms in total. The predicted molar refractivity (Wildman–Crippen MR) is 60.5 cm³/mol. The fourth-order valence-corrected chi connectivity index (χ4v) is 1.11. The lowest BCUT2D eigenvalue weighted by Crippen LogP contribution is -2.39. The third-order valence-corrected chi connectivity index (χ3v) is 2.53. The zero-order valence-corrected chi connectivity index (χ0v) is 9.58. The van der Waals surface area contributed by atoms with E-state index in [4.69, 9.17) is 5.26 Å². The fourth-order valence-electron chi connectivity index (χ4n) is 1.11. The lowest BCUT2D eigenvalue weighted by atomic mass is 10.0. The van der Waals surface area contributed by atoms with E-state index in [0.29, 0.717) is 0 Å². The fraction of sp³-hybridized carbons (Fsp3) is 0.417. The maximum atomic E-state index is 13.5. The van der Waals surface area contributed by atoms with Crippen molar-refractivity contribution in [2.24, 2.45) is 0 Å². The Morgan fingerprint density at radius 2 is 2.12 bits per heavy atom. The first-order chi connectivity index (χ1) is 7.34. The topological polar surface area (TPSA) is 56.0 Å². The van der Waals surface area contributed by atoms with Crippen LogP contribution < -0.4 is 5.32 Å². The van der Waals surface area contributed by atoms with Gasteiger partial charge in [0.25, 0.3) is 0 Å². The average molecular weight is 222 g/mol. The molecule has 1 aromatic carbocycles. The van der Waals surface area contributed by atoms with Gasteiger partial charge in [-0.05, 0) is 39.0 Å². The number of rotatable bonds is 3. The summed E-state index contributed by atoms with van der Waals surface area (Å²) >= 11 is 0. The number of benzene rings is 1. The van der Waals surface area contributed by atoms with E-state index >= 15 is 0 Å². The van der Waals surface area contributed by atoms with E-state index < -0.39 is 11.4 Å². The number of aliphatic hydroxyl groups is 1. The maximum absolute atomic E-state index is 13.5. The Labute approximate surface area is 94.5 Å². The largest absolute Gasteiger partial charge is 0.388 e. The van der Waals surface area contributed by atoms with E-state index in [1.807, 2.05) is 6.07 Å². The zero-order valence-electron chi connectivity index (χ0n) is 9.58. The van der Waals surface area contributed by atoms with Crippen molar-refractivity contribution in [3.63, 3.8) is 0 Å². The number of nitriles is 1. The van der Waals surface area contributed by atoms with Crippen molar-refractivity contribution in [3.8, 4) is 6.07 Å². The van der Waals surface area contributed by atoms with Gasteiger partial charge in [-0.1, -0.05) is 0 Å². The Bertz CT molecular complexity index is 418. The number of nitrogens with one attached hydrogen (secondary N) is 1. The van der Waals surface area contributed by atoms with Crippen LogP contribution in [0.3, 0.4) is 0 Å². The van der Waals surface area contributed by atoms with Crippen molar-refractivity contribution in [1.29, 1.82) is 5.26 Å². The molecule has 1 rings (SSSR count). The molecule has 1 aromatic rings. The number of hydrogen-bond donors (Lipinski definition) is 2. The van der Waals surface area contributed by atoms with Crippen LogP contribution in [0, 0.1) is 17.1 Å². The van der Waals surface area contributed by atoms with Crippen molar-refractivity contribution >= 4 is 5.69 Å². The molecule has 0 aliphatic heterocycles. The van der Waals surface area contributed by atoms with Gasteiger partial charge >= 0.3 is 0 Å². The van der Waals surface area contributed by atoms with Crippen LogP contribution in [-0.4, -0.2) is 16.7 Å². The molecule has 0 fully saturated rings. The summed E-state index contributed by atoms with van der Waals surface area (Å²) in [6, 6.07) is 5.76. The van der Waals surface area contributed by atoms with E-state index in [-0.39, 0.29) is 17.3 Å². The van der Waals surface area contributed by atoms with Crippen molar-refractivity contribution in [2.45, 2.75) is 32.4 Å². The minimum Gasteiger partial charge on any atom is -0.388 e. The van der Waals surface area contributed by atoms with Crippen LogP contribution in [0.2, 0.25) is 0 Å². The van der Waals surface area contributed by atoms with Gasteiger partial charge in [-0.15, -0.1) is 0 Å². The SMILES string of the molecule is CC(Nc1ccc(C#N)cc1F)C(C)(C)O. The van der Waals surface area contributed by atoms with E-state index in [0.717, 1.165) is 0 Å². The standard InChI is InChI=1S/C12H15FN2O/c1-8(12(2,3)16)15-11-5-4-9(7-14)6-10(11)13/h4-6,8,15-16H,1-3H3. The lowest BCUT2D eigenvalue weighted by molar-refractivity contribution is 0.0648. The van der Waals surface area contributed by atoms with Crippen LogP contribution in [0.4, 0.5) is 10.1 Å². The van der Waals surface area contributed by atoms with Gasteiger partial charge in [0.15, 0.2) is 0 Å². The molecule has 0 heterocycles. The molecule has 0 bridgehead atoms. The van der Waals surface area contributed by atoms with E-state index in [2.05, 4.69) is 5.32 Å². The van der Waals surface area contributed by atoms with Gasteiger partial charge in [-0.2, -0.15) is 5.26 Å². The van der Waals surface area contributed by atoms with Crippen LogP contribution in [-0.2, 0) is 0 Å². The van der Waals surface area contributed by atoms with Crippen molar-refractivity contribution in [1.82, 2.24) is 0 Å². The average Bonchev–Trinajstić information content (AvgIpc) is 2.19. The highest BCUT2D eigenvalue weighted by molar-refractivity contribution is 5.49. The molecule has 0 saturated heterocycles. The summed E-state index contributed by atoms with van der Waals surface area (Å²) in [4.78, 5) is 0. The summed E-state index contributed by atoms with van der Waals surface area (Å²) in [6.45, 7) is 5.05. The minimum atomic E-state index is -0.944. The van der Waals surface area contributed by atoms with Gasteiger partial charge in [0.2, 0.25) is 0 Å². The predicted octanol–water partition coefficient (Wildman–Crippen LogP) is 2.27. The molecule has 0 aliphatic rings.